The third-order valence-electron chi connectivity index (χ3n) is 7.37. The highest BCUT2D eigenvalue weighted by Crippen LogP contribution is 2.42. The lowest BCUT2D eigenvalue weighted by Crippen LogP contribution is -2.10. The monoisotopic (exact) mass is 512 g/mol. The second-order valence-electron chi connectivity index (χ2n) is 9.83. The number of nitrogens with zero attached hydrogens (tertiary/aromatic N) is 2. The van der Waals surface area contributed by atoms with E-state index >= 15 is 0 Å². The van der Waals surface area contributed by atoms with Gasteiger partial charge in [-0.1, -0.05) is 121 Å². The van der Waals surface area contributed by atoms with Gasteiger partial charge in [0.1, 0.15) is 0 Å². The molecule has 6 aromatic carbocycles. The van der Waals surface area contributed by atoms with Crippen LogP contribution in [-0.4, -0.2) is 4.57 Å². The van der Waals surface area contributed by atoms with Crippen molar-refractivity contribution >= 4 is 27.8 Å². The van der Waals surface area contributed by atoms with Gasteiger partial charge in [-0.25, -0.2) is 0 Å². The lowest BCUT2D eigenvalue weighted by molar-refractivity contribution is 1.10. The Balaban J connectivity index is 1.45. The first-order valence-corrected chi connectivity index (χ1v) is 13.6. The van der Waals surface area contributed by atoms with Gasteiger partial charge in [-0.2, -0.15) is 0 Å². The Kier molecular flexibility index (Phi) is 6.20. The molecule has 0 radical (unpaired) electrons. The summed E-state index contributed by atoms with van der Waals surface area (Å²) >= 11 is 0. The highest BCUT2D eigenvalue weighted by molar-refractivity contribution is 6.06. The average Bonchev–Trinajstić information content (AvgIpc) is 3.39. The Labute approximate surface area is 235 Å². The first-order chi connectivity index (χ1) is 19.9. The zero-order valence-electron chi connectivity index (χ0n) is 22.1. The van der Waals surface area contributed by atoms with Crippen molar-refractivity contribution in [2.24, 2.45) is 0 Å². The van der Waals surface area contributed by atoms with Crippen molar-refractivity contribution in [3.8, 4) is 28.2 Å². The van der Waals surface area contributed by atoms with Crippen LogP contribution in [0.25, 0.3) is 39.0 Å². The number of hydrogen-bond donors (Lipinski definition) is 0. The summed E-state index contributed by atoms with van der Waals surface area (Å²) in [7, 11) is 0. The van der Waals surface area contributed by atoms with Crippen LogP contribution in [0.15, 0.2) is 170 Å². The van der Waals surface area contributed by atoms with E-state index < -0.39 is 0 Å². The molecule has 1 aromatic heterocycles. The highest BCUT2D eigenvalue weighted by Gasteiger charge is 2.21. The van der Waals surface area contributed by atoms with Crippen LogP contribution in [0.1, 0.15) is 0 Å². The SMILES string of the molecule is c1ccc(-c2c3ccccc3c(-c3ccccc3)n2-c2ccc(N(c3ccccc3)c3ccccc3)cc2)cc1. The number of rotatable bonds is 6. The van der Waals surface area contributed by atoms with Crippen LogP contribution in [0, 0.1) is 0 Å². The molecule has 2 heteroatoms. The van der Waals surface area contributed by atoms with Crippen molar-refractivity contribution < 1.29 is 0 Å². The highest BCUT2D eigenvalue weighted by atomic mass is 15.1. The molecule has 0 aliphatic rings. The van der Waals surface area contributed by atoms with Crippen LogP contribution in [0.4, 0.5) is 17.1 Å². The Morgan fingerprint density at radius 2 is 0.675 bits per heavy atom. The largest absolute Gasteiger partial charge is 0.311 e. The molecule has 0 amide bonds. The van der Waals surface area contributed by atoms with Gasteiger partial charge in [0.25, 0.3) is 0 Å². The summed E-state index contributed by atoms with van der Waals surface area (Å²) in [6.07, 6.45) is 0. The molecule has 2 nitrogen and oxygen atoms in total. The Morgan fingerprint density at radius 3 is 1.10 bits per heavy atom. The maximum absolute atomic E-state index is 2.43. The fraction of sp³-hybridized carbons (Fsp3) is 0. The first kappa shape index (κ1) is 23.8. The summed E-state index contributed by atoms with van der Waals surface area (Å²) in [5.41, 5.74) is 9.28. The van der Waals surface area contributed by atoms with E-state index in [0.29, 0.717) is 0 Å². The van der Waals surface area contributed by atoms with Crippen molar-refractivity contribution in [3.05, 3.63) is 170 Å². The third-order valence-corrected chi connectivity index (χ3v) is 7.37. The number of anilines is 3. The fourth-order valence-corrected chi connectivity index (χ4v) is 5.62. The molecule has 7 aromatic rings. The molecule has 0 aliphatic carbocycles. The minimum atomic E-state index is 1.11. The van der Waals surface area contributed by atoms with Crippen molar-refractivity contribution in [1.29, 1.82) is 0 Å². The zero-order valence-corrected chi connectivity index (χ0v) is 22.1. The number of hydrogen-bond acceptors (Lipinski definition) is 1. The molecular weight excluding hydrogens is 484 g/mol. The average molecular weight is 513 g/mol. The summed E-state index contributed by atoms with van der Waals surface area (Å²) < 4.78 is 2.43. The lowest BCUT2D eigenvalue weighted by Gasteiger charge is -2.26. The molecule has 40 heavy (non-hydrogen) atoms. The van der Waals surface area contributed by atoms with E-state index in [9.17, 15) is 0 Å². The van der Waals surface area contributed by atoms with Gasteiger partial charge in [0.15, 0.2) is 0 Å². The summed E-state index contributed by atoms with van der Waals surface area (Å²) in [6, 6.07) is 60.2. The summed E-state index contributed by atoms with van der Waals surface area (Å²) in [5, 5.41) is 2.48. The maximum Gasteiger partial charge on any atom is 0.0613 e. The van der Waals surface area contributed by atoms with Crippen molar-refractivity contribution in [2.45, 2.75) is 0 Å². The number of benzene rings is 6. The van der Waals surface area contributed by atoms with Gasteiger partial charge >= 0.3 is 0 Å². The molecule has 0 N–H and O–H groups in total. The predicted molar refractivity (Wildman–Crippen MR) is 169 cm³/mol. The molecule has 0 bridgehead atoms. The summed E-state index contributed by atoms with van der Waals surface area (Å²) in [6.45, 7) is 0. The number of aromatic nitrogens is 1. The molecule has 0 saturated carbocycles. The molecule has 0 atom stereocenters. The standard InChI is InChI=1S/C38H28N2/c1-5-15-29(16-6-1)37-35-23-13-14-24-36(35)38(30-17-7-2-8-18-30)40(37)34-27-25-33(26-28-34)39(31-19-9-3-10-20-31)32-21-11-4-12-22-32/h1-28H. The van der Waals surface area contributed by atoms with Crippen molar-refractivity contribution in [3.63, 3.8) is 0 Å². The summed E-state index contributed by atoms with van der Waals surface area (Å²) in [4.78, 5) is 2.30. The van der Waals surface area contributed by atoms with Gasteiger partial charge < -0.3 is 9.47 Å². The second kappa shape index (κ2) is 10.4. The Bertz CT molecular complexity index is 1740. The maximum atomic E-state index is 2.43. The Hall–Kier alpha value is -5.34. The topological polar surface area (TPSA) is 8.17 Å². The van der Waals surface area contributed by atoms with Crippen LogP contribution < -0.4 is 4.90 Å². The van der Waals surface area contributed by atoms with Crippen LogP contribution in [-0.2, 0) is 0 Å². The van der Waals surface area contributed by atoms with Gasteiger partial charge in [0.05, 0.1) is 11.4 Å². The predicted octanol–water partition coefficient (Wildman–Crippen LogP) is 10.4. The normalized spacial score (nSPS) is 11.0. The smallest absolute Gasteiger partial charge is 0.0613 e. The van der Waals surface area contributed by atoms with Gasteiger partial charge in [-0.05, 0) is 59.7 Å². The van der Waals surface area contributed by atoms with Crippen LogP contribution in [0.5, 0.6) is 0 Å². The molecule has 7 rings (SSSR count). The van der Waals surface area contributed by atoms with E-state index in [-0.39, 0.29) is 0 Å². The van der Waals surface area contributed by atoms with E-state index in [1.807, 2.05) is 0 Å². The molecule has 0 aliphatic heterocycles. The van der Waals surface area contributed by atoms with E-state index in [1.165, 1.54) is 33.3 Å². The van der Waals surface area contributed by atoms with E-state index in [2.05, 4.69) is 179 Å². The zero-order chi connectivity index (χ0) is 26.7. The quantitative estimate of drug-likeness (QED) is 0.215. The van der Waals surface area contributed by atoms with Crippen LogP contribution >= 0.6 is 0 Å². The van der Waals surface area contributed by atoms with E-state index in [4.69, 9.17) is 0 Å². The van der Waals surface area contributed by atoms with Gasteiger partial charge in [-0.15, -0.1) is 0 Å². The van der Waals surface area contributed by atoms with Crippen molar-refractivity contribution in [2.75, 3.05) is 4.90 Å². The molecule has 190 valence electrons. The van der Waals surface area contributed by atoms with Gasteiger partial charge in [0, 0.05) is 33.5 Å². The van der Waals surface area contributed by atoms with Gasteiger partial charge in [-0.3, -0.25) is 0 Å². The molecule has 0 saturated heterocycles. The molecular formula is C38H28N2. The van der Waals surface area contributed by atoms with Crippen LogP contribution in [0.3, 0.4) is 0 Å². The van der Waals surface area contributed by atoms with Crippen LogP contribution in [0.2, 0.25) is 0 Å². The van der Waals surface area contributed by atoms with Crippen molar-refractivity contribution in [1.82, 2.24) is 4.57 Å². The Morgan fingerprint density at radius 1 is 0.325 bits per heavy atom. The number of fused-ring (bicyclic) bond motifs is 1. The molecule has 0 fully saturated rings. The lowest BCUT2D eigenvalue weighted by atomic mass is 10.0. The number of para-hydroxylation sites is 2. The molecule has 0 unspecified atom stereocenters. The molecule has 0 spiro atoms. The van der Waals surface area contributed by atoms with E-state index in [1.54, 1.807) is 0 Å². The first-order valence-electron chi connectivity index (χ1n) is 13.6. The van der Waals surface area contributed by atoms with E-state index in [0.717, 1.165) is 22.7 Å². The summed E-state index contributed by atoms with van der Waals surface area (Å²) in [5.74, 6) is 0. The minimum absolute atomic E-state index is 1.11. The fourth-order valence-electron chi connectivity index (χ4n) is 5.62. The van der Waals surface area contributed by atoms with Gasteiger partial charge in [0.2, 0.25) is 0 Å². The minimum Gasteiger partial charge on any atom is -0.311 e. The molecule has 1 heterocycles. The third kappa shape index (κ3) is 4.26. The second-order valence-corrected chi connectivity index (χ2v) is 9.83.